The highest BCUT2D eigenvalue weighted by molar-refractivity contribution is 6.07. The number of aliphatic hydroxyl groups excluding tert-OH is 1. The van der Waals surface area contributed by atoms with E-state index in [9.17, 15) is 14.7 Å². The third-order valence-electron chi connectivity index (χ3n) is 5.81. The predicted molar refractivity (Wildman–Crippen MR) is 105 cm³/mol. The summed E-state index contributed by atoms with van der Waals surface area (Å²) in [6, 6.07) is 9.88. The van der Waals surface area contributed by atoms with E-state index in [1.807, 2.05) is 32.0 Å². The maximum absolute atomic E-state index is 12.6. The number of piperazine rings is 1. The van der Waals surface area contributed by atoms with Crippen molar-refractivity contribution in [2.45, 2.75) is 32.4 Å². The largest absolute Gasteiger partial charge is 0.390 e. The first-order valence-corrected chi connectivity index (χ1v) is 9.66. The van der Waals surface area contributed by atoms with Gasteiger partial charge in [-0.2, -0.15) is 0 Å². The van der Waals surface area contributed by atoms with Crippen LogP contribution >= 0.6 is 0 Å². The number of carbonyl (C=O) groups excluding carboxylic acids is 2. The summed E-state index contributed by atoms with van der Waals surface area (Å²) < 4.78 is 0. The highest BCUT2D eigenvalue weighted by Crippen LogP contribution is 2.25. The number of amides is 3. The number of hydrogen-bond acceptors (Lipinski definition) is 5. The Balaban J connectivity index is 1.50. The summed E-state index contributed by atoms with van der Waals surface area (Å²) in [5.41, 5.74) is 0.322. The van der Waals surface area contributed by atoms with Crippen molar-refractivity contribution in [1.82, 2.24) is 15.1 Å². The van der Waals surface area contributed by atoms with E-state index in [2.05, 4.69) is 27.2 Å². The fourth-order valence-electron chi connectivity index (χ4n) is 3.67. The highest BCUT2D eigenvalue weighted by Gasteiger charge is 2.50. The molecule has 0 aromatic heterocycles. The average molecular weight is 374 g/mol. The fourth-order valence-corrected chi connectivity index (χ4v) is 3.67. The van der Waals surface area contributed by atoms with E-state index in [4.69, 9.17) is 0 Å². The molecule has 7 nitrogen and oxygen atoms in total. The number of anilines is 1. The van der Waals surface area contributed by atoms with E-state index in [0.717, 1.165) is 31.1 Å². The number of β-amino-alcohol motifs (C(OH)–C–C–N with tert-alkyl or cyclic N) is 1. The zero-order valence-electron chi connectivity index (χ0n) is 16.4. The van der Waals surface area contributed by atoms with Crippen molar-refractivity contribution in [3.05, 3.63) is 30.3 Å². The Labute approximate surface area is 160 Å². The number of benzene rings is 1. The Morgan fingerprint density at radius 2 is 1.70 bits per heavy atom. The van der Waals surface area contributed by atoms with Crippen LogP contribution in [-0.4, -0.2) is 77.8 Å². The van der Waals surface area contributed by atoms with Crippen LogP contribution in [0.2, 0.25) is 0 Å². The minimum absolute atomic E-state index is 0.0119. The second kappa shape index (κ2) is 7.86. The standard InChI is InChI=1S/C20H30N4O3/c1-15(2)20(3)18(26)24(19(27)21-20)14-17(25)13-22-9-11-23(12-10-22)16-7-5-4-6-8-16/h4-8,15,17,25H,9-14H2,1-3H3,(H,21,27)/t17-,20+/m0/s1. The molecule has 0 spiro atoms. The Kier molecular flexibility index (Phi) is 5.72. The van der Waals surface area contributed by atoms with E-state index >= 15 is 0 Å². The van der Waals surface area contributed by atoms with Gasteiger partial charge in [0.1, 0.15) is 5.54 Å². The van der Waals surface area contributed by atoms with Crippen LogP contribution in [0.4, 0.5) is 10.5 Å². The van der Waals surface area contributed by atoms with Crippen LogP contribution in [0.1, 0.15) is 20.8 Å². The van der Waals surface area contributed by atoms with Crippen molar-refractivity contribution in [2.24, 2.45) is 5.92 Å². The van der Waals surface area contributed by atoms with Crippen LogP contribution in [0.5, 0.6) is 0 Å². The highest BCUT2D eigenvalue weighted by atomic mass is 16.3. The molecular formula is C20H30N4O3. The first-order valence-electron chi connectivity index (χ1n) is 9.66. The number of hydrogen-bond donors (Lipinski definition) is 2. The van der Waals surface area contributed by atoms with Gasteiger partial charge in [0.05, 0.1) is 12.6 Å². The summed E-state index contributed by atoms with van der Waals surface area (Å²) in [7, 11) is 0. The van der Waals surface area contributed by atoms with Crippen molar-refractivity contribution in [3.8, 4) is 0 Å². The number of imide groups is 1. The molecule has 3 amide bonds. The predicted octanol–water partition coefficient (Wildman–Crippen LogP) is 1.14. The molecule has 1 aromatic rings. The molecule has 0 unspecified atom stereocenters. The summed E-state index contributed by atoms with van der Waals surface area (Å²) in [5, 5.41) is 13.2. The van der Waals surface area contributed by atoms with E-state index in [-0.39, 0.29) is 18.4 Å². The second-order valence-electron chi connectivity index (χ2n) is 7.98. The van der Waals surface area contributed by atoms with Crippen LogP contribution < -0.4 is 10.2 Å². The van der Waals surface area contributed by atoms with Gasteiger partial charge in [-0.15, -0.1) is 0 Å². The number of aliphatic hydroxyl groups is 1. The lowest BCUT2D eigenvalue weighted by molar-refractivity contribution is -0.133. The zero-order valence-corrected chi connectivity index (χ0v) is 16.4. The molecule has 0 saturated carbocycles. The summed E-state index contributed by atoms with van der Waals surface area (Å²) in [4.78, 5) is 30.5. The van der Waals surface area contributed by atoms with Gasteiger partial charge < -0.3 is 15.3 Å². The third-order valence-corrected chi connectivity index (χ3v) is 5.81. The lowest BCUT2D eigenvalue weighted by Gasteiger charge is -2.37. The summed E-state index contributed by atoms with van der Waals surface area (Å²) in [6.45, 7) is 9.52. The van der Waals surface area contributed by atoms with Crippen LogP contribution in [-0.2, 0) is 4.79 Å². The third kappa shape index (κ3) is 4.09. The van der Waals surface area contributed by atoms with E-state index in [1.165, 1.54) is 5.69 Å². The molecule has 0 aliphatic carbocycles. The summed E-state index contributed by atoms with van der Waals surface area (Å²) >= 11 is 0. The van der Waals surface area contributed by atoms with Crippen LogP contribution in [0.25, 0.3) is 0 Å². The molecule has 1 aromatic carbocycles. The van der Waals surface area contributed by atoms with Gasteiger partial charge in [0.25, 0.3) is 5.91 Å². The van der Waals surface area contributed by atoms with Crippen molar-refractivity contribution in [1.29, 1.82) is 0 Å². The van der Waals surface area contributed by atoms with Gasteiger partial charge in [-0.3, -0.25) is 14.6 Å². The molecule has 148 valence electrons. The lowest BCUT2D eigenvalue weighted by atomic mass is 9.88. The smallest absolute Gasteiger partial charge is 0.325 e. The maximum atomic E-state index is 12.6. The second-order valence-corrected chi connectivity index (χ2v) is 7.98. The first kappa shape index (κ1) is 19.6. The summed E-state index contributed by atoms with van der Waals surface area (Å²) in [5.74, 6) is -0.266. The molecule has 2 heterocycles. The number of para-hydroxylation sites is 1. The van der Waals surface area contributed by atoms with Gasteiger partial charge >= 0.3 is 6.03 Å². The van der Waals surface area contributed by atoms with Gasteiger partial charge in [0.15, 0.2) is 0 Å². The normalized spacial score (nSPS) is 25.2. The van der Waals surface area contributed by atoms with Crippen molar-refractivity contribution < 1.29 is 14.7 Å². The fraction of sp³-hybridized carbons (Fsp3) is 0.600. The molecule has 7 heteroatoms. The topological polar surface area (TPSA) is 76.1 Å². The Morgan fingerprint density at radius 3 is 2.26 bits per heavy atom. The number of rotatable bonds is 6. The molecule has 2 aliphatic heterocycles. The molecule has 2 fully saturated rings. The molecule has 2 aliphatic rings. The molecule has 27 heavy (non-hydrogen) atoms. The van der Waals surface area contributed by atoms with Gasteiger partial charge in [0.2, 0.25) is 0 Å². The molecular weight excluding hydrogens is 344 g/mol. The zero-order chi connectivity index (χ0) is 19.6. The number of nitrogens with zero attached hydrogens (tertiary/aromatic N) is 3. The Morgan fingerprint density at radius 1 is 1.07 bits per heavy atom. The van der Waals surface area contributed by atoms with Crippen LogP contribution in [0.15, 0.2) is 30.3 Å². The van der Waals surface area contributed by atoms with Crippen molar-refractivity contribution >= 4 is 17.6 Å². The Bertz CT molecular complexity index is 673. The van der Waals surface area contributed by atoms with E-state index < -0.39 is 17.7 Å². The van der Waals surface area contributed by atoms with Gasteiger partial charge in [-0.25, -0.2) is 4.79 Å². The molecule has 0 bridgehead atoms. The van der Waals surface area contributed by atoms with E-state index in [1.54, 1.807) is 6.92 Å². The molecule has 2 saturated heterocycles. The minimum Gasteiger partial charge on any atom is -0.390 e. The number of nitrogens with one attached hydrogen (secondary N) is 1. The molecule has 0 radical (unpaired) electrons. The quantitative estimate of drug-likeness (QED) is 0.730. The number of urea groups is 1. The van der Waals surface area contributed by atoms with Gasteiger partial charge in [0, 0.05) is 38.4 Å². The summed E-state index contributed by atoms with van der Waals surface area (Å²) in [6.07, 6.45) is -0.752. The average Bonchev–Trinajstić information content (AvgIpc) is 2.87. The van der Waals surface area contributed by atoms with Crippen molar-refractivity contribution in [2.75, 3.05) is 44.2 Å². The molecule has 3 rings (SSSR count). The van der Waals surface area contributed by atoms with Gasteiger partial charge in [-0.05, 0) is 25.0 Å². The first-order chi connectivity index (χ1) is 12.8. The van der Waals surface area contributed by atoms with Crippen LogP contribution in [0, 0.1) is 5.92 Å². The lowest BCUT2D eigenvalue weighted by Crippen LogP contribution is -2.51. The maximum Gasteiger partial charge on any atom is 0.325 e. The number of carbonyl (C=O) groups is 2. The monoisotopic (exact) mass is 374 g/mol. The molecule has 2 N–H and O–H groups in total. The van der Waals surface area contributed by atoms with Gasteiger partial charge in [-0.1, -0.05) is 32.0 Å². The van der Waals surface area contributed by atoms with E-state index in [0.29, 0.717) is 6.54 Å². The Hall–Kier alpha value is -2.12. The minimum atomic E-state index is -0.891. The van der Waals surface area contributed by atoms with Crippen LogP contribution in [0.3, 0.4) is 0 Å². The van der Waals surface area contributed by atoms with Crippen molar-refractivity contribution in [3.63, 3.8) is 0 Å². The molecule has 2 atom stereocenters. The SMILES string of the molecule is CC(C)[C@@]1(C)NC(=O)N(C[C@@H](O)CN2CCN(c3ccccc3)CC2)C1=O.